The van der Waals surface area contributed by atoms with Crippen molar-refractivity contribution < 1.29 is 0 Å². The zero-order chi connectivity index (χ0) is 12.1. The fraction of sp³-hybridized carbons (Fsp3) is 0.647. The van der Waals surface area contributed by atoms with Crippen LogP contribution in [0.5, 0.6) is 0 Å². The molecule has 1 heteroatoms. The summed E-state index contributed by atoms with van der Waals surface area (Å²) in [5, 5.41) is 0. The molecular weight excluding hydrogens is 218 g/mol. The van der Waals surface area contributed by atoms with Gasteiger partial charge in [-0.15, -0.1) is 0 Å². The fourth-order valence-electron chi connectivity index (χ4n) is 4.78. The van der Waals surface area contributed by atoms with E-state index in [1.807, 2.05) is 0 Å². The van der Waals surface area contributed by atoms with Gasteiger partial charge in [-0.25, -0.2) is 0 Å². The van der Waals surface area contributed by atoms with Gasteiger partial charge in [0.25, 0.3) is 0 Å². The van der Waals surface area contributed by atoms with Gasteiger partial charge in [-0.05, 0) is 73.0 Å². The number of hydrogen-bond donors (Lipinski definition) is 1. The predicted molar refractivity (Wildman–Crippen MR) is 74.3 cm³/mol. The Morgan fingerprint density at radius 3 is 2.72 bits per heavy atom. The Bertz CT molecular complexity index is 465. The normalized spacial score (nSPS) is 34.8. The summed E-state index contributed by atoms with van der Waals surface area (Å²) >= 11 is 0. The van der Waals surface area contributed by atoms with Crippen LogP contribution in [0.4, 0.5) is 0 Å². The summed E-state index contributed by atoms with van der Waals surface area (Å²) in [6.07, 6.45) is 9.64. The van der Waals surface area contributed by atoms with Crippen LogP contribution in [0.2, 0.25) is 0 Å². The van der Waals surface area contributed by atoms with E-state index < -0.39 is 0 Å². The number of hydrogen-bond acceptors (Lipinski definition) is 1. The maximum Gasteiger partial charge on any atom is 0.0326 e. The van der Waals surface area contributed by atoms with E-state index in [4.69, 9.17) is 5.73 Å². The summed E-state index contributed by atoms with van der Waals surface area (Å²) in [6, 6.07) is 7.36. The third kappa shape index (κ3) is 1.64. The van der Waals surface area contributed by atoms with Crippen molar-refractivity contribution >= 4 is 0 Å². The van der Waals surface area contributed by atoms with E-state index in [0.717, 1.165) is 17.8 Å². The highest BCUT2D eigenvalue weighted by atomic mass is 14.7. The molecule has 3 aliphatic carbocycles. The molecule has 0 heterocycles. The molecule has 2 bridgehead atoms. The molecule has 3 aliphatic rings. The van der Waals surface area contributed by atoms with Crippen LogP contribution in [0.25, 0.3) is 0 Å². The van der Waals surface area contributed by atoms with Gasteiger partial charge in [0.05, 0.1) is 0 Å². The van der Waals surface area contributed by atoms with Gasteiger partial charge in [-0.2, -0.15) is 0 Å². The lowest BCUT2D eigenvalue weighted by molar-refractivity contribution is 0.284. The van der Waals surface area contributed by atoms with Crippen LogP contribution >= 0.6 is 0 Å². The van der Waals surface area contributed by atoms with Crippen molar-refractivity contribution in [3.63, 3.8) is 0 Å². The molecule has 0 amide bonds. The molecule has 0 aromatic heterocycles. The van der Waals surface area contributed by atoms with E-state index in [0.29, 0.717) is 6.04 Å². The molecule has 2 saturated carbocycles. The highest BCUT2D eigenvalue weighted by Crippen LogP contribution is 2.52. The Morgan fingerprint density at radius 1 is 1.06 bits per heavy atom. The zero-order valence-electron chi connectivity index (χ0n) is 11.1. The minimum Gasteiger partial charge on any atom is -0.324 e. The first-order valence-corrected chi connectivity index (χ1v) is 7.68. The second-order valence-corrected chi connectivity index (χ2v) is 6.75. The summed E-state index contributed by atoms with van der Waals surface area (Å²) in [6.45, 7) is 0. The highest BCUT2D eigenvalue weighted by molar-refractivity contribution is 5.36. The van der Waals surface area contributed by atoms with Gasteiger partial charge in [-0.3, -0.25) is 0 Å². The molecule has 0 saturated heterocycles. The minimum absolute atomic E-state index is 0.297. The number of benzene rings is 1. The van der Waals surface area contributed by atoms with Crippen LogP contribution in [0, 0.1) is 17.8 Å². The van der Waals surface area contributed by atoms with Gasteiger partial charge < -0.3 is 5.73 Å². The van der Waals surface area contributed by atoms with Gasteiger partial charge in [-0.1, -0.05) is 24.6 Å². The van der Waals surface area contributed by atoms with Gasteiger partial charge >= 0.3 is 0 Å². The molecule has 4 rings (SSSR count). The van der Waals surface area contributed by atoms with Crippen molar-refractivity contribution in [1.29, 1.82) is 0 Å². The molecule has 2 N–H and O–H groups in total. The largest absolute Gasteiger partial charge is 0.324 e. The summed E-state index contributed by atoms with van der Waals surface area (Å²) in [7, 11) is 0. The Morgan fingerprint density at radius 2 is 1.94 bits per heavy atom. The van der Waals surface area contributed by atoms with Crippen LogP contribution in [-0.4, -0.2) is 0 Å². The Hall–Kier alpha value is -0.820. The second-order valence-electron chi connectivity index (χ2n) is 6.75. The summed E-state index contributed by atoms with van der Waals surface area (Å²) in [5.74, 6) is 2.70. The van der Waals surface area contributed by atoms with E-state index in [2.05, 4.69) is 18.2 Å². The molecule has 18 heavy (non-hydrogen) atoms. The van der Waals surface area contributed by atoms with Gasteiger partial charge in [0.15, 0.2) is 0 Å². The molecule has 1 aromatic carbocycles. The van der Waals surface area contributed by atoms with Crippen LogP contribution in [0.3, 0.4) is 0 Å². The monoisotopic (exact) mass is 241 g/mol. The zero-order valence-corrected chi connectivity index (χ0v) is 11.1. The minimum atomic E-state index is 0.297. The Labute approximate surface area is 110 Å². The second kappa shape index (κ2) is 4.09. The highest BCUT2D eigenvalue weighted by Gasteiger charge is 2.42. The molecule has 4 unspecified atom stereocenters. The first-order valence-electron chi connectivity index (χ1n) is 7.68. The Kier molecular flexibility index (Phi) is 2.51. The third-order valence-electron chi connectivity index (χ3n) is 5.76. The van der Waals surface area contributed by atoms with Crippen molar-refractivity contribution in [1.82, 2.24) is 0 Å². The topological polar surface area (TPSA) is 26.0 Å². The summed E-state index contributed by atoms with van der Waals surface area (Å²) in [4.78, 5) is 0. The lowest BCUT2D eigenvalue weighted by atomic mass is 9.80. The molecule has 0 radical (unpaired) electrons. The lowest BCUT2D eigenvalue weighted by Gasteiger charge is -2.28. The van der Waals surface area contributed by atoms with E-state index in [-0.39, 0.29) is 0 Å². The molecule has 0 spiro atoms. The number of fused-ring (bicyclic) bond motifs is 3. The average Bonchev–Trinajstić information content (AvgIpc) is 3.12. The number of aryl methyl sites for hydroxylation is 2. The third-order valence-corrected chi connectivity index (χ3v) is 5.76. The predicted octanol–water partition coefficient (Wildman–Crippen LogP) is 3.61. The lowest BCUT2D eigenvalue weighted by Crippen LogP contribution is -2.26. The van der Waals surface area contributed by atoms with Crippen molar-refractivity contribution in [3.05, 3.63) is 34.9 Å². The fourth-order valence-corrected chi connectivity index (χ4v) is 4.78. The van der Waals surface area contributed by atoms with Crippen LogP contribution in [-0.2, 0) is 12.8 Å². The van der Waals surface area contributed by atoms with Gasteiger partial charge in [0, 0.05) is 6.04 Å². The van der Waals surface area contributed by atoms with E-state index in [9.17, 15) is 0 Å². The van der Waals surface area contributed by atoms with Crippen molar-refractivity contribution in [2.45, 2.75) is 51.0 Å². The summed E-state index contributed by atoms with van der Waals surface area (Å²) < 4.78 is 0. The quantitative estimate of drug-likeness (QED) is 0.841. The molecule has 96 valence electrons. The smallest absolute Gasteiger partial charge is 0.0326 e. The van der Waals surface area contributed by atoms with Crippen LogP contribution in [0.15, 0.2) is 18.2 Å². The van der Waals surface area contributed by atoms with E-state index >= 15 is 0 Å². The standard InChI is InChI=1S/C17H23N/c18-17(16-9-11-4-5-14(16)8-11)15-7-6-12-2-1-3-13(12)10-15/h6-7,10-11,14,16-17H,1-5,8-9,18H2. The SMILES string of the molecule is NC(c1ccc2c(c1)CCC2)C1CC2CCC1C2. The first-order chi connectivity index (χ1) is 8.81. The molecular formula is C17H23N. The van der Waals surface area contributed by atoms with Gasteiger partial charge in [0.2, 0.25) is 0 Å². The van der Waals surface area contributed by atoms with Gasteiger partial charge in [0.1, 0.15) is 0 Å². The van der Waals surface area contributed by atoms with Crippen molar-refractivity contribution in [3.8, 4) is 0 Å². The Balaban J connectivity index is 1.59. The summed E-state index contributed by atoms with van der Waals surface area (Å²) in [5.41, 5.74) is 11.1. The molecule has 1 nitrogen and oxygen atoms in total. The first kappa shape index (κ1) is 11.0. The molecule has 2 fully saturated rings. The van der Waals surface area contributed by atoms with Crippen molar-refractivity contribution in [2.75, 3.05) is 0 Å². The van der Waals surface area contributed by atoms with E-state index in [1.165, 1.54) is 50.5 Å². The van der Waals surface area contributed by atoms with Crippen LogP contribution in [0.1, 0.15) is 54.8 Å². The van der Waals surface area contributed by atoms with E-state index in [1.54, 1.807) is 11.1 Å². The maximum atomic E-state index is 6.58. The van der Waals surface area contributed by atoms with Crippen LogP contribution < -0.4 is 5.73 Å². The average molecular weight is 241 g/mol. The molecule has 0 aliphatic heterocycles. The van der Waals surface area contributed by atoms with Crippen molar-refractivity contribution in [2.24, 2.45) is 23.5 Å². The molecule has 1 aromatic rings. The number of nitrogens with two attached hydrogens (primary N) is 1. The maximum absolute atomic E-state index is 6.58. The number of rotatable bonds is 2. The molecule has 4 atom stereocenters.